The lowest BCUT2D eigenvalue weighted by molar-refractivity contribution is -0.130. The van der Waals surface area contributed by atoms with E-state index in [0.29, 0.717) is 39.3 Å². The molecule has 1 amide bonds. The van der Waals surface area contributed by atoms with Crippen LogP contribution in [-0.4, -0.2) is 17.6 Å². The van der Waals surface area contributed by atoms with Crippen molar-refractivity contribution < 1.29 is 14.4 Å². The third kappa shape index (κ3) is 3.42. The highest BCUT2D eigenvalue weighted by atomic mass is 35.5. The predicted molar refractivity (Wildman–Crippen MR) is 128 cm³/mol. The summed E-state index contributed by atoms with van der Waals surface area (Å²) in [7, 11) is 0. The third-order valence-corrected chi connectivity index (χ3v) is 8.57. The van der Waals surface area contributed by atoms with Crippen LogP contribution in [0.15, 0.2) is 47.6 Å². The minimum atomic E-state index is -0.719. The number of anilines is 1. The van der Waals surface area contributed by atoms with E-state index in [2.05, 4.69) is 31.2 Å². The zero-order valence-electron chi connectivity index (χ0n) is 18.0. The maximum atomic E-state index is 13.6. The van der Waals surface area contributed by atoms with Gasteiger partial charge in [0.05, 0.1) is 32.4 Å². The minimum Gasteiger partial charge on any atom is -0.324 e. The second-order valence-electron chi connectivity index (χ2n) is 9.19. The van der Waals surface area contributed by atoms with Gasteiger partial charge >= 0.3 is 5.97 Å². The second kappa shape index (κ2) is 8.05. The smallest absolute Gasteiger partial charge is 0.324 e. The van der Waals surface area contributed by atoms with Crippen molar-refractivity contribution >= 4 is 58.1 Å². The van der Waals surface area contributed by atoms with Crippen LogP contribution in [0.3, 0.4) is 0 Å². The number of nitrogens with one attached hydrogen (secondary N) is 1. The number of nitrogens with zero attached hydrogens (tertiary/aromatic N) is 1. The first-order valence-corrected chi connectivity index (χ1v) is 11.4. The molecule has 4 rings (SSSR count). The highest BCUT2D eigenvalue weighted by molar-refractivity contribution is 6.36. The summed E-state index contributed by atoms with van der Waals surface area (Å²) in [6.07, 6.45) is 1.83. The van der Waals surface area contributed by atoms with Crippen LogP contribution in [-0.2, 0) is 9.63 Å². The van der Waals surface area contributed by atoms with Crippen LogP contribution in [0.4, 0.5) is 5.69 Å². The Morgan fingerprint density at radius 3 is 2.44 bits per heavy atom. The molecule has 2 aliphatic carbocycles. The Labute approximate surface area is 202 Å². The number of carbonyl (C=O) groups is 2. The van der Waals surface area contributed by atoms with Crippen molar-refractivity contribution in [3.63, 3.8) is 0 Å². The molecule has 2 bridgehead atoms. The summed E-state index contributed by atoms with van der Waals surface area (Å²) < 4.78 is 0. The number of fused-ring (bicyclic) bond motifs is 2. The molecule has 2 fully saturated rings. The van der Waals surface area contributed by atoms with E-state index in [-0.39, 0.29) is 11.5 Å². The standard InChI is InChI=1S/C24H23Cl3N2O3/c1-22(2)23(3)10-11-24(22,21(31)28-18-12-14(25)8-9-17(18)27)13-19(23)29-32-20(30)15-6-4-5-7-16(15)26/h4-9,12H,10-11,13H2,1-3H3,(H,28,31). The van der Waals surface area contributed by atoms with Gasteiger partial charge in [0, 0.05) is 16.9 Å². The number of halogens is 3. The highest BCUT2D eigenvalue weighted by Gasteiger charge is 2.71. The third-order valence-electron chi connectivity index (χ3n) is 7.68. The van der Waals surface area contributed by atoms with Gasteiger partial charge in [0.25, 0.3) is 0 Å². The first-order chi connectivity index (χ1) is 15.0. The van der Waals surface area contributed by atoms with E-state index in [1.54, 1.807) is 42.5 Å². The quantitative estimate of drug-likeness (QED) is 0.368. The van der Waals surface area contributed by atoms with Gasteiger partial charge in [-0.05, 0) is 48.6 Å². The van der Waals surface area contributed by atoms with Crippen molar-refractivity contribution in [3.8, 4) is 0 Å². The Morgan fingerprint density at radius 2 is 1.72 bits per heavy atom. The van der Waals surface area contributed by atoms with E-state index in [1.165, 1.54) is 0 Å². The molecule has 0 aromatic heterocycles. The highest BCUT2D eigenvalue weighted by Crippen LogP contribution is 2.71. The zero-order chi connectivity index (χ0) is 23.3. The van der Waals surface area contributed by atoms with Gasteiger partial charge in [-0.25, -0.2) is 4.79 Å². The molecule has 32 heavy (non-hydrogen) atoms. The van der Waals surface area contributed by atoms with Crippen LogP contribution in [0.25, 0.3) is 0 Å². The Kier molecular flexibility index (Phi) is 5.81. The Morgan fingerprint density at radius 1 is 1.00 bits per heavy atom. The zero-order valence-corrected chi connectivity index (χ0v) is 20.2. The van der Waals surface area contributed by atoms with E-state index in [9.17, 15) is 9.59 Å². The first kappa shape index (κ1) is 23.1. The molecule has 5 nitrogen and oxygen atoms in total. The maximum Gasteiger partial charge on any atom is 0.367 e. The number of amides is 1. The van der Waals surface area contributed by atoms with Crippen LogP contribution in [0, 0.1) is 16.2 Å². The van der Waals surface area contributed by atoms with Crippen LogP contribution in [0.2, 0.25) is 15.1 Å². The molecule has 2 aliphatic rings. The summed E-state index contributed by atoms with van der Waals surface area (Å²) >= 11 is 18.4. The first-order valence-electron chi connectivity index (χ1n) is 10.3. The van der Waals surface area contributed by atoms with E-state index in [0.717, 1.165) is 6.42 Å². The van der Waals surface area contributed by atoms with Gasteiger partial charge in [-0.1, -0.05) is 72.9 Å². The molecule has 0 spiro atoms. The molecule has 8 heteroatoms. The molecule has 1 N–H and O–H groups in total. The summed E-state index contributed by atoms with van der Waals surface area (Å²) in [5.74, 6) is -0.769. The largest absolute Gasteiger partial charge is 0.367 e. The molecule has 2 atom stereocenters. The lowest BCUT2D eigenvalue weighted by Crippen LogP contribution is -2.43. The lowest BCUT2D eigenvalue weighted by Gasteiger charge is -2.39. The normalized spacial score (nSPS) is 26.9. The van der Waals surface area contributed by atoms with E-state index in [4.69, 9.17) is 39.6 Å². The maximum absolute atomic E-state index is 13.6. The minimum absolute atomic E-state index is 0.141. The van der Waals surface area contributed by atoms with Crippen molar-refractivity contribution in [2.75, 3.05) is 5.32 Å². The van der Waals surface area contributed by atoms with Gasteiger partial charge in [-0.3, -0.25) is 4.79 Å². The monoisotopic (exact) mass is 492 g/mol. The van der Waals surface area contributed by atoms with Gasteiger partial charge in [0.1, 0.15) is 0 Å². The van der Waals surface area contributed by atoms with Crippen LogP contribution in [0.5, 0.6) is 0 Å². The number of benzene rings is 2. The van der Waals surface area contributed by atoms with E-state index < -0.39 is 22.2 Å². The lowest BCUT2D eigenvalue weighted by atomic mass is 9.64. The number of hydrogen-bond acceptors (Lipinski definition) is 4. The summed E-state index contributed by atoms with van der Waals surface area (Å²) in [5.41, 5.74) is -0.133. The molecule has 2 aromatic carbocycles. The Balaban J connectivity index is 1.62. The SMILES string of the molecule is CC12CCC(C(=O)Nc3cc(Cl)ccc3Cl)(CC1=NOC(=O)c1ccccc1Cl)C2(C)C. The molecule has 2 aromatic rings. The number of rotatable bonds is 4. The van der Waals surface area contributed by atoms with Gasteiger partial charge in [0.15, 0.2) is 0 Å². The fourth-order valence-electron chi connectivity index (χ4n) is 5.13. The fourth-order valence-corrected chi connectivity index (χ4v) is 5.68. The molecule has 0 heterocycles. The van der Waals surface area contributed by atoms with Gasteiger partial charge in [-0.15, -0.1) is 0 Å². The number of hydrogen-bond donors (Lipinski definition) is 1. The molecule has 0 radical (unpaired) electrons. The van der Waals surface area contributed by atoms with Gasteiger partial charge < -0.3 is 10.2 Å². The molecule has 2 unspecified atom stereocenters. The Bertz CT molecular complexity index is 1150. The van der Waals surface area contributed by atoms with Crippen molar-refractivity contribution in [3.05, 3.63) is 63.1 Å². The van der Waals surface area contributed by atoms with Gasteiger partial charge in [0.2, 0.25) is 5.91 Å². The second-order valence-corrected chi connectivity index (χ2v) is 10.4. The van der Waals surface area contributed by atoms with Crippen molar-refractivity contribution in [1.82, 2.24) is 0 Å². The molecule has 2 saturated carbocycles. The van der Waals surface area contributed by atoms with Crippen molar-refractivity contribution in [2.45, 2.75) is 40.0 Å². The van der Waals surface area contributed by atoms with Crippen LogP contribution in [0.1, 0.15) is 50.4 Å². The molecular weight excluding hydrogens is 471 g/mol. The number of oxime groups is 1. The topological polar surface area (TPSA) is 67.8 Å². The molecular formula is C24H23Cl3N2O3. The molecule has 0 aliphatic heterocycles. The van der Waals surface area contributed by atoms with Gasteiger partial charge in [-0.2, -0.15) is 0 Å². The summed E-state index contributed by atoms with van der Waals surface area (Å²) in [6.45, 7) is 6.21. The van der Waals surface area contributed by atoms with E-state index >= 15 is 0 Å². The summed E-state index contributed by atoms with van der Waals surface area (Å²) in [6, 6.07) is 11.6. The molecule has 168 valence electrons. The summed E-state index contributed by atoms with van der Waals surface area (Å²) in [5, 5.41) is 8.40. The van der Waals surface area contributed by atoms with Crippen LogP contribution >= 0.6 is 34.8 Å². The van der Waals surface area contributed by atoms with Crippen molar-refractivity contribution in [2.24, 2.45) is 21.4 Å². The predicted octanol–water partition coefficient (Wildman–Crippen LogP) is 7.01. The average Bonchev–Trinajstić information content (AvgIpc) is 3.05. The Hall–Kier alpha value is -2.08. The van der Waals surface area contributed by atoms with E-state index in [1.807, 2.05) is 0 Å². The molecule has 0 saturated heterocycles. The number of carbonyl (C=O) groups excluding carboxylic acids is 2. The average molecular weight is 494 g/mol. The van der Waals surface area contributed by atoms with Crippen LogP contribution < -0.4 is 5.32 Å². The summed E-state index contributed by atoms with van der Waals surface area (Å²) in [4.78, 5) is 31.3. The fraction of sp³-hybridized carbons (Fsp3) is 0.375. The van der Waals surface area contributed by atoms with Crippen molar-refractivity contribution in [1.29, 1.82) is 0 Å².